The molecule has 2 atom stereocenters. The number of carbonyl (C=O) groups excluding carboxylic acids is 2. The lowest BCUT2D eigenvalue weighted by Gasteiger charge is -2.26. The van der Waals surface area contributed by atoms with Crippen molar-refractivity contribution in [3.8, 4) is 0 Å². The maximum absolute atomic E-state index is 12.2. The second-order valence-corrected chi connectivity index (χ2v) is 4.41. The molecule has 2 aliphatic rings. The van der Waals surface area contributed by atoms with E-state index in [4.69, 9.17) is 15.0 Å². The van der Waals surface area contributed by atoms with Crippen LogP contribution in [0.1, 0.15) is 23.4 Å². The normalized spacial score (nSPS) is 24.5. The number of primary amides is 1. The van der Waals surface area contributed by atoms with Gasteiger partial charge in [0.05, 0.1) is 19.4 Å². The van der Waals surface area contributed by atoms with Crippen molar-refractivity contribution in [2.24, 2.45) is 5.73 Å². The fraction of sp³-hybridized carbons (Fsp3) is 0.333. The monoisotopic (exact) mass is 263 g/mol. The molecule has 1 aromatic heterocycles. The standard InChI is InChI=1S/C12H13N3O4/c1-2-4-19-15-8-6-14(12(15)17)9(11(13)16)10-7(8)3-5-18-10/h2-3,5,8-9H,1,4,6H2,(H2,13,16). The van der Waals surface area contributed by atoms with E-state index in [2.05, 4.69) is 6.58 Å². The second-order valence-electron chi connectivity index (χ2n) is 4.41. The molecule has 1 aromatic rings. The van der Waals surface area contributed by atoms with Crippen molar-refractivity contribution in [2.75, 3.05) is 13.2 Å². The van der Waals surface area contributed by atoms with Crippen LogP contribution in [0.25, 0.3) is 0 Å². The van der Waals surface area contributed by atoms with E-state index in [1.807, 2.05) is 0 Å². The number of nitrogens with two attached hydrogens (primary N) is 1. The van der Waals surface area contributed by atoms with Crippen molar-refractivity contribution in [3.63, 3.8) is 0 Å². The van der Waals surface area contributed by atoms with Crippen LogP contribution in [0.3, 0.4) is 0 Å². The van der Waals surface area contributed by atoms with Crippen LogP contribution in [0.5, 0.6) is 0 Å². The summed E-state index contributed by atoms with van der Waals surface area (Å²) in [6.45, 7) is 4.11. The van der Waals surface area contributed by atoms with Gasteiger partial charge in [-0.25, -0.2) is 4.79 Å². The molecule has 2 N–H and O–H groups in total. The second kappa shape index (κ2) is 4.13. The van der Waals surface area contributed by atoms with Crippen LogP contribution in [0, 0.1) is 0 Å². The zero-order valence-corrected chi connectivity index (χ0v) is 10.1. The van der Waals surface area contributed by atoms with Gasteiger partial charge in [-0.1, -0.05) is 6.08 Å². The van der Waals surface area contributed by atoms with E-state index in [9.17, 15) is 9.59 Å². The Morgan fingerprint density at radius 2 is 2.47 bits per heavy atom. The molecule has 19 heavy (non-hydrogen) atoms. The Labute approximate surface area is 109 Å². The highest BCUT2D eigenvalue weighted by molar-refractivity contribution is 5.89. The molecular formula is C12H13N3O4. The summed E-state index contributed by atoms with van der Waals surface area (Å²) >= 11 is 0. The summed E-state index contributed by atoms with van der Waals surface area (Å²) in [7, 11) is 0. The summed E-state index contributed by atoms with van der Waals surface area (Å²) < 4.78 is 5.31. The quantitative estimate of drug-likeness (QED) is 0.810. The van der Waals surface area contributed by atoms with Gasteiger partial charge < -0.3 is 15.1 Å². The van der Waals surface area contributed by atoms with Gasteiger partial charge in [-0.3, -0.25) is 9.63 Å². The summed E-state index contributed by atoms with van der Waals surface area (Å²) in [5.74, 6) is -0.199. The lowest BCUT2D eigenvalue weighted by molar-refractivity contribution is -0.123. The first-order valence-electron chi connectivity index (χ1n) is 5.85. The fourth-order valence-electron chi connectivity index (χ4n) is 2.57. The first-order valence-corrected chi connectivity index (χ1v) is 5.85. The summed E-state index contributed by atoms with van der Waals surface area (Å²) in [5, 5.41) is 1.25. The minimum Gasteiger partial charge on any atom is -0.466 e. The van der Waals surface area contributed by atoms with Crippen molar-refractivity contribution in [1.82, 2.24) is 9.96 Å². The minimum atomic E-state index is -0.869. The van der Waals surface area contributed by atoms with Crippen molar-refractivity contribution >= 4 is 11.9 Å². The Bertz CT molecular complexity index is 553. The molecule has 0 spiro atoms. The number of urea groups is 1. The maximum atomic E-state index is 12.2. The van der Waals surface area contributed by atoms with Crippen molar-refractivity contribution in [1.29, 1.82) is 0 Å². The number of furan rings is 1. The van der Waals surface area contributed by atoms with Crippen molar-refractivity contribution < 1.29 is 18.8 Å². The van der Waals surface area contributed by atoms with Gasteiger partial charge in [0.25, 0.3) is 0 Å². The van der Waals surface area contributed by atoms with E-state index in [0.29, 0.717) is 12.3 Å². The highest BCUT2D eigenvalue weighted by Crippen LogP contribution is 2.44. The van der Waals surface area contributed by atoms with Gasteiger partial charge >= 0.3 is 6.03 Å². The number of hydrogen-bond acceptors (Lipinski definition) is 4. The predicted molar refractivity (Wildman–Crippen MR) is 63.5 cm³/mol. The smallest absolute Gasteiger partial charge is 0.345 e. The largest absolute Gasteiger partial charge is 0.466 e. The zero-order valence-electron chi connectivity index (χ0n) is 10.1. The molecule has 7 nitrogen and oxygen atoms in total. The van der Waals surface area contributed by atoms with Crippen LogP contribution in [0.2, 0.25) is 0 Å². The number of rotatable bonds is 4. The molecule has 3 rings (SSSR count). The van der Waals surface area contributed by atoms with Gasteiger partial charge in [0, 0.05) is 5.56 Å². The molecule has 0 aliphatic carbocycles. The third-order valence-corrected chi connectivity index (χ3v) is 3.33. The summed E-state index contributed by atoms with van der Waals surface area (Å²) in [6, 6.07) is 0.195. The van der Waals surface area contributed by atoms with E-state index >= 15 is 0 Å². The lowest BCUT2D eigenvalue weighted by Crippen LogP contribution is -2.41. The number of hydrogen-bond donors (Lipinski definition) is 1. The molecule has 0 aromatic carbocycles. The topological polar surface area (TPSA) is 89.0 Å². The van der Waals surface area contributed by atoms with Crippen LogP contribution < -0.4 is 5.73 Å². The summed E-state index contributed by atoms with van der Waals surface area (Å²) in [4.78, 5) is 30.5. The fourth-order valence-corrected chi connectivity index (χ4v) is 2.57. The van der Waals surface area contributed by atoms with E-state index in [1.54, 1.807) is 12.1 Å². The van der Waals surface area contributed by atoms with E-state index < -0.39 is 11.9 Å². The predicted octanol–water partition coefficient (Wildman–Crippen LogP) is 0.716. The van der Waals surface area contributed by atoms with E-state index in [0.717, 1.165) is 5.56 Å². The molecule has 1 fully saturated rings. The first-order chi connectivity index (χ1) is 9.15. The summed E-state index contributed by atoms with van der Waals surface area (Å²) in [6.07, 6.45) is 3.03. The first kappa shape index (κ1) is 11.8. The van der Waals surface area contributed by atoms with Gasteiger partial charge in [0.1, 0.15) is 11.8 Å². The number of nitrogens with zero attached hydrogens (tertiary/aromatic N) is 2. The van der Waals surface area contributed by atoms with Crippen LogP contribution >= 0.6 is 0 Å². The molecule has 0 radical (unpaired) electrons. The molecule has 3 heterocycles. The van der Waals surface area contributed by atoms with E-state index in [1.165, 1.54) is 16.2 Å². The van der Waals surface area contributed by atoms with Crippen LogP contribution in [-0.2, 0) is 9.63 Å². The van der Waals surface area contributed by atoms with E-state index in [-0.39, 0.29) is 18.7 Å². The van der Waals surface area contributed by atoms with Crippen LogP contribution in [-0.4, -0.2) is 35.1 Å². The van der Waals surface area contributed by atoms with Crippen LogP contribution in [0.4, 0.5) is 4.79 Å². The number of fused-ring (bicyclic) bond motifs is 4. The van der Waals surface area contributed by atoms with Gasteiger partial charge in [0.2, 0.25) is 5.91 Å². The van der Waals surface area contributed by atoms with Gasteiger partial charge in [0.15, 0.2) is 6.04 Å². The van der Waals surface area contributed by atoms with Gasteiger partial charge in [-0.05, 0) is 6.07 Å². The number of carbonyl (C=O) groups is 2. The SMILES string of the molecule is C=CCON1C(=O)N2CC1c1ccoc1C2C(N)=O. The number of hydroxylamine groups is 2. The zero-order chi connectivity index (χ0) is 13.6. The summed E-state index contributed by atoms with van der Waals surface area (Å²) in [5.41, 5.74) is 6.12. The maximum Gasteiger partial charge on any atom is 0.345 e. The Morgan fingerprint density at radius 1 is 1.68 bits per heavy atom. The molecular weight excluding hydrogens is 250 g/mol. The molecule has 3 amide bonds. The molecule has 2 unspecified atom stereocenters. The highest BCUT2D eigenvalue weighted by Gasteiger charge is 2.52. The number of amides is 3. The van der Waals surface area contributed by atoms with Crippen molar-refractivity contribution in [2.45, 2.75) is 12.1 Å². The third kappa shape index (κ3) is 1.55. The Kier molecular flexibility index (Phi) is 2.56. The van der Waals surface area contributed by atoms with Crippen LogP contribution in [0.15, 0.2) is 29.4 Å². The minimum absolute atomic E-state index is 0.213. The molecule has 2 aliphatic heterocycles. The highest BCUT2D eigenvalue weighted by atomic mass is 16.7. The average molecular weight is 263 g/mol. The average Bonchev–Trinajstić information content (AvgIpc) is 2.94. The lowest BCUT2D eigenvalue weighted by atomic mass is 9.98. The Balaban J connectivity index is 2.02. The molecule has 2 bridgehead atoms. The molecule has 100 valence electrons. The Hall–Kier alpha value is -2.28. The van der Waals surface area contributed by atoms with Crippen molar-refractivity contribution in [3.05, 3.63) is 36.3 Å². The molecule has 7 heteroatoms. The molecule has 1 saturated heterocycles. The Morgan fingerprint density at radius 3 is 3.16 bits per heavy atom. The molecule has 0 saturated carbocycles. The van der Waals surface area contributed by atoms with Gasteiger partial charge in [-0.15, -0.1) is 6.58 Å². The third-order valence-electron chi connectivity index (χ3n) is 3.33. The van der Waals surface area contributed by atoms with Gasteiger partial charge in [-0.2, -0.15) is 5.06 Å².